The van der Waals surface area contributed by atoms with Crippen LogP contribution in [0.1, 0.15) is 46.1 Å². The van der Waals surface area contributed by atoms with E-state index >= 15 is 0 Å². The number of rotatable bonds is 7. The van der Waals surface area contributed by atoms with Crippen molar-refractivity contribution >= 4 is 18.3 Å². The van der Waals surface area contributed by atoms with Crippen molar-refractivity contribution in [1.29, 1.82) is 0 Å². The van der Waals surface area contributed by atoms with Crippen LogP contribution in [-0.4, -0.2) is 31.6 Å². The van der Waals surface area contributed by atoms with Crippen molar-refractivity contribution in [3.05, 3.63) is 29.8 Å². The molecular weight excluding hydrogens is 324 g/mol. The monoisotopic (exact) mass is 354 g/mol. The Morgan fingerprint density at radius 3 is 2.54 bits per heavy atom. The molecule has 2 N–H and O–H groups in total. The molecular formula is C19H31ClN2O2. The number of halogens is 1. The first-order valence-corrected chi connectivity index (χ1v) is 8.64. The summed E-state index contributed by atoms with van der Waals surface area (Å²) in [5.74, 6) is 1.43. The van der Waals surface area contributed by atoms with E-state index in [2.05, 4.69) is 24.5 Å². The van der Waals surface area contributed by atoms with Gasteiger partial charge in [-0.25, -0.2) is 0 Å². The van der Waals surface area contributed by atoms with Crippen LogP contribution in [0.5, 0.6) is 5.75 Å². The van der Waals surface area contributed by atoms with Crippen molar-refractivity contribution in [3.63, 3.8) is 0 Å². The third-order valence-corrected chi connectivity index (χ3v) is 4.40. The second kappa shape index (κ2) is 9.28. The zero-order valence-corrected chi connectivity index (χ0v) is 16.0. The molecule has 4 nitrogen and oxygen atoms in total. The van der Waals surface area contributed by atoms with Crippen molar-refractivity contribution in [3.8, 4) is 5.75 Å². The topological polar surface area (TPSA) is 50.4 Å². The number of carbonyl (C=O) groups is 1. The predicted molar refractivity (Wildman–Crippen MR) is 101 cm³/mol. The van der Waals surface area contributed by atoms with E-state index in [9.17, 15) is 4.79 Å². The van der Waals surface area contributed by atoms with E-state index in [1.54, 1.807) is 0 Å². The molecule has 1 aromatic carbocycles. The molecule has 5 heteroatoms. The molecule has 136 valence electrons. The zero-order valence-electron chi connectivity index (χ0n) is 15.2. The Bertz CT molecular complexity index is 509. The lowest BCUT2D eigenvalue weighted by Crippen LogP contribution is -2.45. The molecule has 1 aromatic rings. The van der Waals surface area contributed by atoms with Gasteiger partial charge in [0, 0.05) is 12.6 Å². The van der Waals surface area contributed by atoms with Gasteiger partial charge in [-0.2, -0.15) is 0 Å². The third-order valence-electron chi connectivity index (χ3n) is 4.40. The van der Waals surface area contributed by atoms with Crippen LogP contribution >= 0.6 is 12.4 Å². The van der Waals surface area contributed by atoms with Gasteiger partial charge in [0.1, 0.15) is 5.75 Å². The fraction of sp³-hybridized carbons (Fsp3) is 0.632. The normalized spacial score (nSPS) is 17.5. The molecule has 1 atom stereocenters. The molecule has 24 heavy (non-hydrogen) atoms. The standard InChI is InChI=1S/C19H30N2O2.ClH/c1-14(2)13-23-17-9-7-15(8-10-17)19(3,4)18(22)21-12-16-6-5-11-20-16;/h7-10,14,16,20H,5-6,11-13H2,1-4H3,(H,21,22);1H. The Morgan fingerprint density at radius 1 is 1.33 bits per heavy atom. The highest BCUT2D eigenvalue weighted by molar-refractivity contribution is 5.87. The smallest absolute Gasteiger partial charge is 0.230 e. The van der Waals surface area contributed by atoms with Crippen LogP contribution in [-0.2, 0) is 10.2 Å². The number of amides is 1. The summed E-state index contributed by atoms with van der Waals surface area (Å²) in [6, 6.07) is 8.30. The number of hydrogen-bond acceptors (Lipinski definition) is 3. The minimum atomic E-state index is -0.546. The van der Waals surface area contributed by atoms with Crippen LogP contribution in [0.15, 0.2) is 24.3 Å². The van der Waals surface area contributed by atoms with Crippen molar-refractivity contribution < 1.29 is 9.53 Å². The van der Waals surface area contributed by atoms with Gasteiger partial charge in [0.15, 0.2) is 0 Å². The highest BCUT2D eigenvalue weighted by Crippen LogP contribution is 2.25. The summed E-state index contributed by atoms with van der Waals surface area (Å²) in [6.07, 6.45) is 2.34. The first kappa shape index (κ1) is 20.8. The van der Waals surface area contributed by atoms with Crippen molar-refractivity contribution in [2.45, 2.75) is 52.0 Å². The van der Waals surface area contributed by atoms with Gasteiger partial charge in [-0.05, 0) is 56.8 Å². The second-order valence-electron chi connectivity index (χ2n) is 7.36. The number of carbonyl (C=O) groups excluding carboxylic acids is 1. The van der Waals surface area contributed by atoms with E-state index in [1.807, 2.05) is 38.1 Å². The molecule has 1 amide bonds. The summed E-state index contributed by atoms with van der Waals surface area (Å²) in [5, 5.41) is 6.49. The van der Waals surface area contributed by atoms with Gasteiger partial charge >= 0.3 is 0 Å². The molecule has 1 fully saturated rings. The molecule has 0 aliphatic carbocycles. The van der Waals surface area contributed by atoms with Gasteiger partial charge in [0.05, 0.1) is 12.0 Å². The Hall–Kier alpha value is -1.26. The summed E-state index contributed by atoms with van der Waals surface area (Å²) in [7, 11) is 0. The Kier molecular flexibility index (Phi) is 8.04. The maximum absolute atomic E-state index is 12.6. The lowest BCUT2D eigenvalue weighted by molar-refractivity contribution is -0.125. The number of hydrogen-bond donors (Lipinski definition) is 2. The number of benzene rings is 1. The fourth-order valence-electron chi connectivity index (χ4n) is 2.73. The van der Waals surface area contributed by atoms with Crippen LogP contribution in [0.25, 0.3) is 0 Å². The van der Waals surface area contributed by atoms with E-state index in [0.717, 1.165) is 24.3 Å². The highest BCUT2D eigenvalue weighted by Gasteiger charge is 2.30. The molecule has 1 aliphatic rings. The average molecular weight is 355 g/mol. The molecule has 0 saturated carbocycles. The molecule has 0 bridgehead atoms. The van der Waals surface area contributed by atoms with Crippen LogP contribution in [0.4, 0.5) is 0 Å². The quantitative estimate of drug-likeness (QED) is 0.790. The minimum absolute atomic E-state index is 0. The fourth-order valence-corrected chi connectivity index (χ4v) is 2.73. The van der Waals surface area contributed by atoms with Gasteiger partial charge in [0.2, 0.25) is 5.91 Å². The SMILES string of the molecule is CC(C)COc1ccc(C(C)(C)C(=O)NCC2CCCN2)cc1.Cl. The summed E-state index contributed by atoms with van der Waals surface area (Å²) >= 11 is 0. The first-order valence-electron chi connectivity index (χ1n) is 8.64. The Labute approximate surface area is 152 Å². The molecule has 0 aromatic heterocycles. The zero-order chi connectivity index (χ0) is 16.9. The molecule has 1 heterocycles. The van der Waals surface area contributed by atoms with Gasteiger partial charge < -0.3 is 15.4 Å². The molecule has 1 unspecified atom stereocenters. The van der Waals surface area contributed by atoms with Crippen molar-refractivity contribution in [2.75, 3.05) is 19.7 Å². The number of nitrogens with one attached hydrogen (secondary N) is 2. The second-order valence-corrected chi connectivity index (χ2v) is 7.36. The Balaban J connectivity index is 0.00000288. The predicted octanol–water partition coefficient (Wildman–Crippen LogP) is 3.29. The van der Waals surface area contributed by atoms with Gasteiger partial charge in [-0.1, -0.05) is 26.0 Å². The van der Waals surface area contributed by atoms with E-state index in [1.165, 1.54) is 6.42 Å². The molecule has 2 rings (SSSR count). The van der Waals surface area contributed by atoms with Gasteiger partial charge in [-0.15, -0.1) is 12.4 Å². The Morgan fingerprint density at radius 2 is 2.00 bits per heavy atom. The largest absolute Gasteiger partial charge is 0.493 e. The number of ether oxygens (including phenoxy) is 1. The lowest BCUT2D eigenvalue weighted by Gasteiger charge is -2.25. The van der Waals surface area contributed by atoms with Gasteiger partial charge in [0.25, 0.3) is 0 Å². The summed E-state index contributed by atoms with van der Waals surface area (Å²) in [5.41, 5.74) is 0.459. The maximum atomic E-state index is 12.6. The molecule has 1 saturated heterocycles. The molecule has 0 radical (unpaired) electrons. The summed E-state index contributed by atoms with van der Waals surface area (Å²) in [6.45, 7) is 10.7. The lowest BCUT2D eigenvalue weighted by atomic mass is 9.83. The van der Waals surface area contributed by atoms with Crippen LogP contribution in [0.2, 0.25) is 0 Å². The van der Waals surface area contributed by atoms with Crippen LogP contribution in [0.3, 0.4) is 0 Å². The molecule has 0 spiro atoms. The summed E-state index contributed by atoms with van der Waals surface area (Å²) in [4.78, 5) is 12.6. The van der Waals surface area contributed by atoms with Crippen molar-refractivity contribution in [1.82, 2.24) is 10.6 Å². The van der Waals surface area contributed by atoms with E-state index in [0.29, 0.717) is 25.1 Å². The maximum Gasteiger partial charge on any atom is 0.230 e. The van der Waals surface area contributed by atoms with E-state index < -0.39 is 5.41 Å². The van der Waals surface area contributed by atoms with E-state index in [-0.39, 0.29) is 18.3 Å². The molecule has 1 aliphatic heterocycles. The van der Waals surface area contributed by atoms with Crippen LogP contribution < -0.4 is 15.4 Å². The summed E-state index contributed by atoms with van der Waals surface area (Å²) < 4.78 is 5.70. The third kappa shape index (κ3) is 5.67. The van der Waals surface area contributed by atoms with Crippen molar-refractivity contribution in [2.24, 2.45) is 5.92 Å². The highest BCUT2D eigenvalue weighted by atomic mass is 35.5. The van der Waals surface area contributed by atoms with Crippen LogP contribution in [0, 0.1) is 5.92 Å². The first-order chi connectivity index (χ1) is 10.9. The van der Waals surface area contributed by atoms with E-state index in [4.69, 9.17) is 4.74 Å². The van der Waals surface area contributed by atoms with Gasteiger partial charge in [-0.3, -0.25) is 4.79 Å². The minimum Gasteiger partial charge on any atom is -0.493 e. The average Bonchev–Trinajstić information content (AvgIpc) is 3.04.